The first-order valence-electron chi connectivity index (χ1n) is 7.26. The van der Waals surface area contributed by atoms with Crippen LogP contribution in [0.25, 0.3) is 0 Å². The second kappa shape index (κ2) is 7.27. The standard InChI is InChI=1S/C17H22O4/c1-4-15-12(2)16(14(11-20-15)17(18)19-3)21-10-13-8-6-5-7-9-13/h5-9,11-12,15-16H,4,10H2,1-3H3/t12-,15+,16-/m0/s1. The molecular formula is C17H22O4. The minimum absolute atomic E-state index is 0.0548. The third-order valence-corrected chi connectivity index (χ3v) is 3.84. The number of carbonyl (C=O) groups is 1. The minimum atomic E-state index is -0.394. The summed E-state index contributed by atoms with van der Waals surface area (Å²) in [6, 6.07) is 9.91. The number of hydrogen-bond acceptors (Lipinski definition) is 4. The Bertz CT molecular complexity index is 495. The van der Waals surface area contributed by atoms with Crippen molar-refractivity contribution in [3.8, 4) is 0 Å². The first-order chi connectivity index (χ1) is 10.2. The fourth-order valence-electron chi connectivity index (χ4n) is 2.58. The number of carbonyl (C=O) groups excluding carboxylic acids is 1. The van der Waals surface area contributed by atoms with Gasteiger partial charge in [0.2, 0.25) is 0 Å². The fourth-order valence-corrected chi connectivity index (χ4v) is 2.58. The number of ether oxygens (including phenoxy) is 3. The van der Waals surface area contributed by atoms with Crippen LogP contribution in [0.4, 0.5) is 0 Å². The highest BCUT2D eigenvalue weighted by Crippen LogP contribution is 2.30. The van der Waals surface area contributed by atoms with Crippen molar-refractivity contribution < 1.29 is 19.0 Å². The highest BCUT2D eigenvalue weighted by Gasteiger charge is 2.37. The van der Waals surface area contributed by atoms with Crippen molar-refractivity contribution in [3.63, 3.8) is 0 Å². The predicted molar refractivity (Wildman–Crippen MR) is 79.4 cm³/mol. The Morgan fingerprint density at radius 3 is 2.62 bits per heavy atom. The average molecular weight is 290 g/mol. The first kappa shape index (κ1) is 15.6. The Labute approximate surface area is 125 Å². The minimum Gasteiger partial charge on any atom is -0.497 e. The zero-order chi connectivity index (χ0) is 15.2. The van der Waals surface area contributed by atoms with Gasteiger partial charge in [0.25, 0.3) is 0 Å². The van der Waals surface area contributed by atoms with Crippen LogP contribution in [0.1, 0.15) is 25.8 Å². The lowest BCUT2D eigenvalue weighted by molar-refractivity contribution is -0.140. The van der Waals surface area contributed by atoms with Gasteiger partial charge in [0.15, 0.2) is 0 Å². The molecule has 0 aromatic heterocycles. The zero-order valence-electron chi connectivity index (χ0n) is 12.7. The third-order valence-electron chi connectivity index (χ3n) is 3.84. The zero-order valence-corrected chi connectivity index (χ0v) is 12.7. The summed E-state index contributed by atoms with van der Waals surface area (Å²) in [7, 11) is 1.37. The highest BCUT2D eigenvalue weighted by atomic mass is 16.5. The number of methoxy groups -OCH3 is 1. The van der Waals surface area contributed by atoms with Gasteiger partial charge in [0.1, 0.15) is 11.7 Å². The quantitative estimate of drug-likeness (QED) is 0.782. The molecule has 3 atom stereocenters. The molecule has 0 saturated heterocycles. The molecule has 1 aliphatic heterocycles. The molecule has 0 saturated carbocycles. The summed E-state index contributed by atoms with van der Waals surface area (Å²) in [6.45, 7) is 4.56. The van der Waals surface area contributed by atoms with Crippen LogP contribution >= 0.6 is 0 Å². The molecule has 114 valence electrons. The molecule has 1 aromatic rings. The van der Waals surface area contributed by atoms with E-state index in [4.69, 9.17) is 14.2 Å². The van der Waals surface area contributed by atoms with Gasteiger partial charge in [-0.25, -0.2) is 4.79 Å². The van der Waals surface area contributed by atoms with Crippen molar-refractivity contribution in [2.75, 3.05) is 7.11 Å². The molecule has 2 rings (SSSR count). The maximum absolute atomic E-state index is 11.9. The smallest absolute Gasteiger partial charge is 0.339 e. The van der Waals surface area contributed by atoms with Crippen molar-refractivity contribution in [2.45, 2.75) is 39.1 Å². The van der Waals surface area contributed by atoms with Gasteiger partial charge in [0.05, 0.1) is 26.1 Å². The van der Waals surface area contributed by atoms with Crippen molar-refractivity contribution in [1.29, 1.82) is 0 Å². The average Bonchev–Trinajstić information content (AvgIpc) is 2.53. The summed E-state index contributed by atoms with van der Waals surface area (Å²) in [5, 5.41) is 0. The van der Waals surface area contributed by atoms with Crippen LogP contribution in [0, 0.1) is 5.92 Å². The normalized spacial score (nSPS) is 24.9. The lowest BCUT2D eigenvalue weighted by Crippen LogP contribution is -2.40. The molecule has 0 unspecified atom stereocenters. The first-order valence-corrected chi connectivity index (χ1v) is 7.26. The molecule has 1 aliphatic rings. The molecule has 0 amide bonds. The van der Waals surface area contributed by atoms with E-state index in [0.717, 1.165) is 12.0 Å². The van der Waals surface area contributed by atoms with Gasteiger partial charge < -0.3 is 14.2 Å². The summed E-state index contributed by atoms with van der Waals surface area (Å²) in [5.41, 5.74) is 1.53. The summed E-state index contributed by atoms with van der Waals surface area (Å²) < 4.78 is 16.4. The van der Waals surface area contributed by atoms with Crippen molar-refractivity contribution in [1.82, 2.24) is 0 Å². The monoisotopic (exact) mass is 290 g/mol. The Hall–Kier alpha value is -1.81. The molecule has 0 fully saturated rings. The molecule has 21 heavy (non-hydrogen) atoms. The second-order valence-corrected chi connectivity index (χ2v) is 5.22. The Kier molecular flexibility index (Phi) is 5.39. The van der Waals surface area contributed by atoms with Gasteiger partial charge in [-0.2, -0.15) is 0 Å². The lowest BCUT2D eigenvalue weighted by atomic mass is 9.89. The van der Waals surface area contributed by atoms with Gasteiger partial charge in [-0.05, 0) is 12.0 Å². The van der Waals surface area contributed by atoms with Gasteiger partial charge in [0, 0.05) is 5.92 Å². The summed E-state index contributed by atoms with van der Waals surface area (Å²) >= 11 is 0. The topological polar surface area (TPSA) is 44.8 Å². The number of hydrogen-bond donors (Lipinski definition) is 0. The molecule has 0 bridgehead atoms. The van der Waals surface area contributed by atoms with E-state index in [1.54, 1.807) is 0 Å². The number of rotatable bonds is 5. The van der Waals surface area contributed by atoms with Crippen molar-refractivity contribution >= 4 is 5.97 Å². The van der Waals surface area contributed by atoms with E-state index >= 15 is 0 Å². The molecule has 4 nitrogen and oxygen atoms in total. The third kappa shape index (κ3) is 3.64. The molecule has 0 N–H and O–H groups in total. The van der Waals surface area contributed by atoms with Gasteiger partial charge in [-0.3, -0.25) is 0 Å². The van der Waals surface area contributed by atoms with E-state index < -0.39 is 5.97 Å². The number of benzene rings is 1. The molecule has 0 aliphatic carbocycles. The van der Waals surface area contributed by atoms with E-state index in [-0.39, 0.29) is 18.1 Å². The van der Waals surface area contributed by atoms with Crippen LogP contribution in [0.5, 0.6) is 0 Å². The van der Waals surface area contributed by atoms with Crippen LogP contribution in [0.15, 0.2) is 42.2 Å². The van der Waals surface area contributed by atoms with Crippen LogP contribution in [-0.2, 0) is 25.6 Å². The van der Waals surface area contributed by atoms with Crippen molar-refractivity contribution in [2.24, 2.45) is 5.92 Å². The largest absolute Gasteiger partial charge is 0.497 e. The predicted octanol–water partition coefficient (Wildman–Crippen LogP) is 3.07. The van der Waals surface area contributed by atoms with E-state index in [1.165, 1.54) is 13.4 Å². The number of esters is 1. The Balaban J connectivity index is 2.13. The maximum Gasteiger partial charge on any atom is 0.339 e. The van der Waals surface area contributed by atoms with E-state index in [1.807, 2.05) is 37.3 Å². The highest BCUT2D eigenvalue weighted by molar-refractivity contribution is 5.89. The maximum atomic E-state index is 11.9. The molecular weight excluding hydrogens is 268 g/mol. The van der Waals surface area contributed by atoms with E-state index in [2.05, 4.69) is 6.92 Å². The Morgan fingerprint density at radius 1 is 1.29 bits per heavy atom. The summed E-state index contributed by atoms with van der Waals surface area (Å²) in [5.74, 6) is -0.299. The molecule has 1 aromatic carbocycles. The van der Waals surface area contributed by atoms with Crippen molar-refractivity contribution in [3.05, 3.63) is 47.7 Å². The molecule has 0 spiro atoms. The Morgan fingerprint density at radius 2 is 2.00 bits per heavy atom. The van der Waals surface area contributed by atoms with Crippen LogP contribution in [0.2, 0.25) is 0 Å². The molecule has 1 heterocycles. The SMILES string of the molecule is CC[C@H]1OC=C(C(=O)OC)[C@@H](OCc2ccccc2)[C@H]1C. The van der Waals surface area contributed by atoms with Gasteiger partial charge in [-0.1, -0.05) is 44.2 Å². The van der Waals surface area contributed by atoms with Gasteiger partial charge in [-0.15, -0.1) is 0 Å². The van der Waals surface area contributed by atoms with E-state index in [9.17, 15) is 4.79 Å². The lowest BCUT2D eigenvalue weighted by Gasteiger charge is -2.34. The second-order valence-electron chi connectivity index (χ2n) is 5.22. The van der Waals surface area contributed by atoms with E-state index in [0.29, 0.717) is 12.2 Å². The fraction of sp³-hybridized carbons (Fsp3) is 0.471. The van der Waals surface area contributed by atoms with Crippen LogP contribution in [-0.4, -0.2) is 25.3 Å². The summed E-state index contributed by atoms with van der Waals surface area (Å²) in [4.78, 5) is 11.9. The van der Waals surface area contributed by atoms with Crippen LogP contribution in [0.3, 0.4) is 0 Å². The molecule has 0 radical (unpaired) electrons. The van der Waals surface area contributed by atoms with Crippen LogP contribution < -0.4 is 0 Å². The summed E-state index contributed by atoms with van der Waals surface area (Å²) in [6.07, 6.45) is 2.11. The molecule has 4 heteroatoms. The van der Waals surface area contributed by atoms with Gasteiger partial charge >= 0.3 is 5.97 Å².